The van der Waals surface area contributed by atoms with Crippen LogP contribution in [-0.2, 0) is 6.42 Å². The highest BCUT2D eigenvalue weighted by Crippen LogP contribution is 2.35. The molecular formula is C15H21NO. The highest BCUT2D eigenvalue weighted by atomic mass is 16.5. The minimum absolute atomic E-state index is 0.404. The molecule has 0 fully saturated rings. The minimum atomic E-state index is 0.404. The molecule has 2 heteroatoms. The number of benzene rings is 1. The number of hydrogen-bond acceptors (Lipinski definition) is 2. The van der Waals surface area contributed by atoms with Gasteiger partial charge in [-0.15, -0.1) is 0 Å². The van der Waals surface area contributed by atoms with Crippen molar-refractivity contribution in [2.24, 2.45) is 0 Å². The molecular weight excluding hydrogens is 210 g/mol. The van der Waals surface area contributed by atoms with Gasteiger partial charge in [0.15, 0.2) is 0 Å². The van der Waals surface area contributed by atoms with E-state index in [0.29, 0.717) is 18.3 Å². The molecule has 0 radical (unpaired) electrons. The number of nitrogens with zero attached hydrogens (tertiary/aromatic N) is 1. The van der Waals surface area contributed by atoms with Crippen LogP contribution >= 0.6 is 0 Å². The molecule has 0 bridgehead atoms. The summed E-state index contributed by atoms with van der Waals surface area (Å²) in [6.45, 7) is 8.60. The average Bonchev–Trinajstić information content (AvgIpc) is 2.28. The van der Waals surface area contributed by atoms with Crippen LogP contribution in [0.3, 0.4) is 0 Å². The van der Waals surface area contributed by atoms with Gasteiger partial charge in [0.1, 0.15) is 5.75 Å². The molecule has 1 aromatic rings. The maximum Gasteiger partial charge on any atom is 0.125 e. The fourth-order valence-electron chi connectivity index (χ4n) is 2.03. The molecule has 0 unspecified atom stereocenters. The van der Waals surface area contributed by atoms with Gasteiger partial charge in [-0.1, -0.05) is 39.8 Å². The lowest BCUT2D eigenvalue weighted by molar-refractivity contribution is 0.400. The van der Waals surface area contributed by atoms with Crippen LogP contribution in [0.2, 0.25) is 0 Å². The lowest BCUT2D eigenvalue weighted by atomic mass is 9.91. The van der Waals surface area contributed by atoms with Gasteiger partial charge in [-0.3, -0.25) is 0 Å². The van der Waals surface area contributed by atoms with Crippen molar-refractivity contribution < 1.29 is 4.74 Å². The zero-order valence-corrected chi connectivity index (χ0v) is 11.4. The Kier molecular flexibility index (Phi) is 4.57. The molecule has 0 aliphatic rings. The van der Waals surface area contributed by atoms with Gasteiger partial charge in [0, 0.05) is 0 Å². The largest absolute Gasteiger partial charge is 0.496 e. The molecule has 0 aliphatic carbocycles. The summed E-state index contributed by atoms with van der Waals surface area (Å²) in [4.78, 5) is 0. The van der Waals surface area contributed by atoms with Gasteiger partial charge < -0.3 is 4.74 Å². The highest BCUT2D eigenvalue weighted by molar-refractivity contribution is 5.48. The molecule has 2 nitrogen and oxygen atoms in total. The average molecular weight is 231 g/mol. The number of ether oxygens (including phenoxy) is 1. The minimum Gasteiger partial charge on any atom is -0.496 e. The zero-order chi connectivity index (χ0) is 13.0. The standard InChI is InChI=1S/C15H21NO/c1-10(2)13-8-12(6-7-16)9-14(11(3)4)15(13)17-5/h8-11H,6H2,1-5H3. The van der Waals surface area contributed by atoms with Gasteiger partial charge in [-0.05, 0) is 28.5 Å². The molecule has 17 heavy (non-hydrogen) atoms. The normalized spacial score (nSPS) is 10.7. The Morgan fingerprint density at radius 2 is 1.59 bits per heavy atom. The van der Waals surface area contributed by atoms with Gasteiger partial charge in [0.05, 0.1) is 19.6 Å². The summed E-state index contributed by atoms with van der Waals surface area (Å²) in [5.74, 6) is 1.79. The fourth-order valence-corrected chi connectivity index (χ4v) is 2.03. The summed E-state index contributed by atoms with van der Waals surface area (Å²) < 4.78 is 5.55. The second-order valence-electron chi connectivity index (χ2n) is 4.95. The molecule has 1 rings (SSSR count). The van der Waals surface area contributed by atoms with Crippen molar-refractivity contribution in [1.29, 1.82) is 5.26 Å². The van der Waals surface area contributed by atoms with Crippen molar-refractivity contribution in [3.8, 4) is 11.8 Å². The van der Waals surface area contributed by atoms with Crippen LogP contribution in [0.5, 0.6) is 5.75 Å². The Bertz CT molecular complexity index is 398. The molecule has 0 N–H and O–H groups in total. The third-order valence-corrected chi connectivity index (χ3v) is 2.94. The monoisotopic (exact) mass is 231 g/mol. The Labute approximate surface area is 104 Å². The first-order valence-electron chi connectivity index (χ1n) is 6.08. The summed E-state index contributed by atoms with van der Waals surface area (Å²) in [6, 6.07) is 6.40. The van der Waals surface area contributed by atoms with Crippen molar-refractivity contribution in [2.45, 2.75) is 46.0 Å². The van der Waals surface area contributed by atoms with Gasteiger partial charge >= 0.3 is 0 Å². The topological polar surface area (TPSA) is 33.0 Å². The first kappa shape index (κ1) is 13.6. The summed E-state index contributed by atoms with van der Waals surface area (Å²) in [6.07, 6.45) is 0.462. The number of rotatable bonds is 4. The molecule has 0 aliphatic heterocycles. The number of hydrogen-bond donors (Lipinski definition) is 0. The summed E-state index contributed by atoms with van der Waals surface area (Å²) in [5, 5.41) is 8.82. The predicted octanol–water partition coefficient (Wildman–Crippen LogP) is 4.01. The van der Waals surface area contributed by atoms with Crippen LogP contribution in [0.4, 0.5) is 0 Å². The Balaban J connectivity index is 3.41. The summed E-state index contributed by atoms with van der Waals surface area (Å²) in [7, 11) is 1.72. The number of nitriles is 1. The first-order valence-corrected chi connectivity index (χ1v) is 6.08. The van der Waals surface area contributed by atoms with Crippen LogP contribution in [0, 0.1) is 11.3 Å². The van der Waals surface area contributed by atoms with Crippen LogP contribution in [-0.4, -0.2) is 7.11 Å². The second kappa shape index (κ2) is 5.72. The molecule has 0 atom stereocenters. The summed E-state index contributed by atoms with van der Waals surface area (Å²) >= 11 is 0. The van der Waals surface area contributed by atoms with Crippen molar-refractivity contribution in [1.82, 2.24) is 0 Å². The Hall–Kier alpha value is -1.49. The predicted molar refractivity (Wildman–Crippen MR) is 70.5 cm³/mol. The van der Waals surface area contributed by atoms with Crippen LogP contribution in [0.15, 0.2) is 12.1 Å². The van der Waals surface area contributed by atoms with E-state index in [9.17, 15) is 0 Å². The Morgan fingerprint density at radius 1 is 1.12 bits per heavy atom. The molecule has 1 aromatic carbocycles. The van der Waals surface area contributed by atoms with Crippen LogP contribution in [0.1, 0.15) is 56.2 Å². The maximum absolute atomic E-state index is 8.82. The summed E-state index contributed by atoms with van der Waals surface area (Å²) in [5.41, 5.74) is 3.48. The van der Waals surface area contributed by atoms with Gasteiger partial charge in [-0.25, -0.2) is 0 Å². The molecule has 0 spiro atoms. The van der Waals surface area contributed by atoms with E-state index in [-0.39, 0.29) is 0 Å². The first-order chi connectivity index (χ1) is 8.01. The lowest BCUT2D eigenvalue weighted by Crippen LogP contribution is -2.02. The lowest BCUT2D eigenvalue weighted by Gasteiger charge is -2.19. The third kappa shape index (κ3) is 3.00. The van der Waals surface area contributed by atoms with Gasteiger partial charge in [0.25, 0.3) is 0 Å². The fraction of sp³-hybridized carbons (Fsp3) is 0.533. The van der Waals surface area contributed by atoms with Gasteiger partial charge in [0.2, 0.25) is 0 Å². The molecule has 0 saturated carbocycles. The van der Waals surface area contributed by atoms with E-state index in [4.69, 9.17) is 10.00 Å². The SMILES string of the molecule is COc1c(C(C)C)cc(CC#N)cc1C(C)C. The van der Waals surface area contributed by atoms with E-state index < -0.39 is 0 Å². The quantitative estimate of drug-likeness (QED) is 0.784. The van der Waals surface area contributed by atoms with E-state index in [2.05, 4.69) is 45.9 Å². The molecule has 0 aromatic heterocycles. The smallest absolute Gasteiger partial charge is 0.125 e. The van der Waals surface area contributed by atoms with Gasteiger partial charge in [-0.2, -0.15) is 5.26 Å². The Morgan fingerprint density at radius 3 is 1.88 bits per heavy atom. The maximum atomic E-state index is 8.82. The van der Waals surface area contributed by atoms with E-state index in [1.165, 1.54) is 11.1 Å². The van der Waals surface area contributed by atoms with E-state index in [1.54, 1.807) is 7.11 Å². The van der Waals surface area contributed by atoms with Crippen molar-refractivity contribution in [3.63, 3.8) is 0 Å². The van der Waals surface area contributed by atoms with Crippen LogP contribution < -0.4 is 4.74 Å². The van der Waals surface area contributed by atoms with Crippen molar-refractivity contribution in [3.05, 3.63) is 28.8 Å². The number of methoxy groups -OCH3 is 1. The molecule has 92 valence electrons. The highest BCUT2D eigenvalue weighted by Gasteiger charge is 2.16. The van der Waals surface area contributed by atoms with Crippen molar-refractivity contribution >= 4 is 0 Å². The van der Waals surface area contributed by atoms with E-state index in [0.717, 1.165) is 11.3 Å². The van der Waals surface area contributed by atoms with E-state index >= 15 is 0 Å². The molecule has 0 amide bonds. The molecule has 0 saturated heterocycles. The van der Waals surface area contributed by atoms with Crippen molar-refractivity contribution in [2.75, 3.05) is 7.11 Å². The third-order valence-electron chi connectivity index (χ3n) is 2.94. The second-order valence-corrected chi connectivity index (χ2v) is 4.95. The zero-order valence-electron chi connectivity index (χ0n) is 11.4. The van der Waals surface area contributed by atoms with Crippen LogP contribution in [0.25, 0.3) is 0 Å². The molecule has 0 heterocycles. The van der Waals surface area contributed by atoms with E-state index in [1.807, 2.05) is 0 Å².